The van der Waals surface area contributed by atoms with Gasteiger partial charge in [-0.3, -0.25) is 10.2 Å². The van der Waals surface area contributed by atoms with Gasteiger partial charge in [0.05, 0.1) is 0 Å². The Morgan fingerprint density at radius 3 is 2.64 bits per heavy atom. The molecule has 1 aromatic rings. The van der Waals surface area contributed by atoms with Gasteiger partial charge < -0.3 is 9.98 Å². The molecule has 0 aromatic carbocycles. The van der Waals surface area contributed by atoms with Crippen LogP contribution in [0, 0.1) is 44.2 Å². The molecule has 0 saturated carbocycles. The van der Waals surface area contributed by atoms with Gasteiger partial charge in [0.15, 0.2) is 0 Å². The Bertz CT molecular complexity index is 231. The van der Waals surface area contributed by atoms with Crippen molar-refractivity contribution in [1.82, 2.24) is 15.2 Å². The second kappa shape index (κ2) is 5.39. The summed E-state index contributed by atoms with van der Waals surface area (Å²) in [5.74, 6) is 0.961. The molecule has 0 aliphatic heterocycles. The number of hydrogen-bond donors (Lipinski definition) is 0. The molecule has 11 heavy (non-hydrogen) atoms. The predicted octanol–water partition coefficient (Wildman–Crippen LogP) is 0.579. The summed E-state index contributed by atoms with van der Waals surface area (Å²) in [5, 5.41) is 7.34. The monoisotopic (exact) mass is 372 g/mol. The van der Waals surface area contributed by atoms with Crippen LogP contribution in [-0.2, 0) is 0 Å². The van der Waals surface area contributed by atoms with Crippen molar-refractivity contribution < 1.29 is 31.1 Å². The van der Waals surface area contributed by atoms with Crippen LogP contribution in [0.15, 0.2) is 4.99 Å². The van der Waals surface area contributed by atoms with Crippen LogP contribution in [0.4, 0.5) is 5.82 Å². The van der Waals surface area contributed by atoms with E-state index in [0.29, 0.717) is 11.6 Å². The van der Waals surface area contributed by atoms with Crippen LogP contribution in [0.3, 0.4) is 0 Å². The molecule has 5 heteroatoms. The second-order valence-corrected chi connectivity index (χ2v) is 1.63. The summed E-state index contributed by atoms with van der Waals surface area (Å²) in [6, 6.07) is 0. The zero-order valence-electron chi connectivity index (χ0n) is 6.29. The third-order valence-electron chi connectivity index (χ3n) is 0.825. The predicted molar refractivity (Wildman–Crippen MR) is 36.2 cm³/mol. The van der Waals surface area contributed by atoms with Gasteiger partial charge in [0, 0.05) is 0 Å². The Kier molecular flexibility index (Phi) is 5.26. The molecule has 0 amide bonds. The minimum atomic E-state index is 0. The van der Waals surface area contributed by atoms with E-state index in [9.17, 15) is 0 Å². The fraction of sp³-hybridized carbons (Fsp3) is 0.333. The first-order valence-corrected chi connectivity index (χ1v) is 2.79. The first kappa shape index (κ1) is 10.7. The molecule has 0 aliphatic rings. The van der Waals surface area contributed by atoms with E-state index in [1.165, 1.54) is 0 Å². The number of hydrogen-bond acceptors (Lipinski definition) is 4. The van der Waals surface area contributed by atoms with Gasteiger partial charge in [-0.25, -0.2) is 6.20 Å². The van der Waals surface area contributed by atoms with Gasteiger partial charge in [-0.2, -0.15) is 6.21 Å². The van der Waals surface area contributed by atoms with E-state index < -0.39 is 0 Å². The fourth-order valence-electron chi connectivity index (χ4n) is 0.449. The summed E-state index contributed by atoms with van der Waals surface area (Å²) >= 11 is 0. The SMILES string of the molecule is C[C-]=Nc1[c-]nc(C)nn1.[U+2]. The maximum atomic E-state index is 3.77. The minimum Gasteiger partial charge on any atom is -0.454 e. The third kappa shape index (κ3) is 3.59. The standard InChI is InChI=1S/C6H6N4.U/c1-3-7-6-4-8-5(2)9-10-6;/h1-2H3;/q-2;+2. The molecule has 4 nitrogen and oxygen atoms in total. The zero-order valence-corrected chi connectivity index (χ0v) is 10.5. The van der Waals surface area contributed by atoms with Crippen molar-refractivity contribution in [3.63, 3.8) is 0 Å². The molecule has 1 heterocycles. The summed E-state index contributed by atoms with van der Waals surface area (Å²) in [6.07, 6.45) is 5.14. The number of nitrogens with zero attached hydrogens (tertiary/aromatic N) is 4. The van der Waals surface area contributed by atoms with Crippen LogP contribution in [0.1, 0.15) is 12.7 Å². The average molecular weight is 372 g/mol. The molecule has 0 fully saturated rings. The maximum absolute atomic E-state index is 3.77. The van der Waals surface area contributed by atoms with E-state index in [-0.39, 0.29) is 31.1 Å². The van der Waals surface area contributed by atoms with Crippen molar-refractivity contribution in [1.29, 1.82) is 0 Å². The number of aryl methyl sites for hydroxylation is 1. The van der Waals surface area contributed by atoms with Gasteiger partial charge in [0.25, 0.3) is 0 Å². The van der Waals surface area contributed by atoms with Crippen molar-refractivity contribution in [3.05, 3.63) is 12.0 Å². The number of aromatic nitrogens is 3. The summed E-state index contributed by atoms with van der Waals surface area (Å²) < 4.78 is 0. The first-order valence-electron chi connectivity index (χ1n) is 2.79. The Morgan fingerprint density at radius 2 is 2.18 bits per heavy atom. The fourth-order valence-corrected chi connectivity index (χ4v) is 0.449. The molecule has 1 rings (SSSR count). The molecular formula is C6H6N4U. The molecule has 0 spiro atoms. The van der Waals surface area contributed by atoms with Gasteiger partial charge in [-0.1, -0.05) is 12.7 Å². The van der Waals surface area contributed by atoms with Gasteiger partial charge in [0.1, 0.15) is 0 Å². The minimum absolute atomic E-state index is 0. The molecule has 0 atom stereocenters. The van der Waals surface area contributed by atoms with Crippen LogP contribution in [0.25, 0.3) is 0 Å². The largest absolute Gasteiger partial charge is 2.00 e. The Labute approximate surface area is 88.9 Å². The van der Waals surface area contributed by atoms with Crippen LogP contribution in [0.2, 0.25) is 0 Å². The van der Waals surface area contributed by atoms with E-state index in [0.717, 1.165) is 0 Å². The molecule has 0 aliphatic carbocycles. The summed E-state index contributed by atoms with van der Waals surface area (Å²) in [5.41, 5.74) is 0. The van der Waals surface area contributed by atoms with E-state index in [2.05, 4.69) is 32.6 Å². The Balaban J connectivity index is 0.000001000. The molecule has 1 aromatic heterocycles. The normalized spacial score (nSPS) is 9.64. The molecule has 0 N–H and O–H groups in total. The topological polar surface area (TPSA) is 51.0 Å². The first-order chi connectivity index (χ1) is 4.83. The van der Waals surface area contributed by atoms with E-state index in [1.807, 2.05) is 0 Å². The van der Waals surface area contributed by atoms with Crippen molar-refractivity contribution in [2.24, 2.45) is 4.99 Å². The molecule has 0 bridgehead atoms. The van der Waals surface area contributed by atoms with Gasteiger partial charge in [-0.05, 0) is 5.82 Å². The summed E-state index contributed by atoms with van der Waals surface area (Å²) in [6.45, 7) is 3.42. The number of rotatable bonds is 1. The van der Waals surface area contributed by atoms with Crippen LogP contribution < -0.4 is 0 Å². The molecule has 0 saturated heterocycles. The molecule has 0 radical (unpaired) electrons. The second-order valence-electron chi connectivity index (χ2n) is 1.63. The van der Waals surface area contributed by atoms with Crippen LogP contribution in [0.5, 0.6) is 0 Å². The van der Waals surface area contributed by atoms with Gasteiger partial charge in [-0.15, -0.1) is 6.92 Å². The summed E-state index contributed by atoms with van der Waals surface area (Å²) in [4.78, 5) is 7.47. The molecular weight excluding hydrogens is 366 g/mol. The van der Waals surface area contributed by atoms with Crippen molar-refractivity contribution in [2.75, 3.05) is 0 Å². The van der Waals surface area contributed by atoms with Crippen molar-refractivity contribution in [3.8, 4) is 0 Å². The van der Waals surface area contributed by atoms with E-state index in [1.54, 1.807) is 13.8 Å². The molecule has 54 valence electrons. The zero-order chi connectivity index (χ0) is 7.40. The van der Waals surface area contributed by atoms with Crippen molar-refractivity contribution in [2.45, 2.75) is 13.8 Å². The van der Waals surface area contributed by atoms with Crippen LogP contribution in [-0.4, -0.2) is 21.4 Å². The smallest absolute Gasteiger partial charge is 0.454 e. The number of aliphatic imine (C=N–C) groups is 1. The summed E-state index contributed by atoms with van der Waals surface area (Å²) in [7, 11) is 0. The quantitative estimate of drug-likeness (QED) is 0.536. The van der Waals surface area contributed by atoms with Crippen LogP contribution >= 0.6 is 0 Å². The van der Waals surface area contributed by atoms with Crippen molar-refractivity contribution >= 4 is 12.0 Å². The molecule has 0 unspecified atom stereocenters. The van der Waals surface area contributed by atoms with Gasteiger partial charge in [0.2, 0.25) is 0 Å². The van der Waals surface area contributed by atoms with Gasteiger partial charge >= 0.3 is 31.1 Å². The Morgan fingerprint density at radius 1 is 1.45 bits per heavy atom. The Hall–Kier alpha value is -0.268. The third-order valence-corrected chi connectivity index (χ3v) is 0.825. The maximum Gasteiger partial charge on any atom is 2.00 e. The van der Waals surface area contributed by atoms with E-state index >= 15 is 0 Å². The van der Waals surface area contributed by atoms with E-state index in [4.69, 9.17) is 0 Å². The average Bonchev–Trinajstić information content (AvgIpc) is 1.95.